The van der Waals surface area contributed by atoms with Gasteiger partial charge in [0.05, 0.1) is 6.10 Å². The van der Waals surface area contributed by atoms with Crippen LogP contribution in [0.25, 0.3) is 0 Å². The summed E-state index contributed by atoms with van der Waals surface area (Å²) in [5.74, 6) is 0.183. The fourth-order valence-corrected chi connectivity index (χ4v) is 2.90. The number of amides is 1. The molecule has 1 saturated carbocycles. The van der Waals surface area contributed by atoms with Gasteiger partial charge >= 0.3 is 0 Å². The van der Waals surface area contributed by atoms with E-state index < -0.39 is 0 Å². The maximum Gasteiger partial charge on any atom is 0.223 e. The number of carbonyl (C=O) groups excluding carboxylic acids is 1. The molecule has 0 bridgehead atoms. The SMILES string of the molecule is Cc1ccc(Br)cc1CNC(=O)C1CCC(O)CC1. The van der Waals surface area contributed by atoms with Crippen LogP contribution in [0.1, 0.15) is 36.8 Å². The van der Waals surface area contributed by atoms with E-state index in [1.54, 1.807) is 0 Å². The summed E-state index contributed by atoms with van der Waals surface area (Å²) in [4.78, 5) is 12.1. The average molecular weight is 326 g/mol. The number of halogens is 1. The largest absolute Gasteiger partial charge is 0.393 e. The van der Waals surface area contributed by atoms with Crippen molar-refractivity contribution < 1.29 is 9.90 Å². The molecule has 3 nitrogen and oxygen atoms in total. The van der Waals surface area contributed by atoms with Gasteiger partial charge in [0.15, 0.2) is 0 Å². The van der Waals surface area contributed by atoms with Crippen LogP contribution in [0.2, 0.25) is 0 Å². The minimum absolute atomic E-state index is 0.0656. The van der Waals surface area contributed by atoms with Gasteiger partial charge in [-0.05, 0) is 55.9 Å². The Balaban J connectivity index is 1.88. The lowest BCUT2D eigenvalue weighted by atomic mass is 9.87. The number of aliphatic hydroxyl groups excluding tert-OH is 1. The molecule has 0 aliphatic heterocycles. The van der Waals surface area contributed by atoms with Crippen LogP contribution in [-0.2, 0) is 11.3 Å². The Hall–Kier alpha value is -0.870. The number of aliphatic hydroxyl groups is 1. The maximum atomic E-state index is 12.1. The standard InChI is InChI=1S/C15H20BrNO2/c1-10-2-5-13(16)8-12(10)9-17-15(19)11-3-6-14(18)7-4-11/h2,5,8,11,14,18H,3-4,6-7,9H2,1H3,(H,17,19). The number of benzene rings is 1. The second-order valence-electron chi connectivity index (χ2n) is 5.29. The first-order valence-corrected chi connectivity index (χ1v) is 7.56. The molecular formula is C15H20BrNO2. The minimum Gasteiger partial charge on any atom is -0.393 e. The lowest BCUT2D eigenvalue weighted by Crippen LogP contribution is -2.33. The van der Waals surface area contributed by atoms with Gasteiger partial charge in [0.2, 0.25) is 5.91 Å². The highest BCUT2D eigenvalue weighted by Gasteiger charge is 2.24. The molecule has 4 heteroatoms. The molecule has 0 saturated heterocycles. The van der Waals surface area contributed by atoms with Crippen LogP contribution in [0.4, 0.5) is 0 Å². The highest BCUT2D eigenvalue weighted by Crippen LogP contribution is 2.24. The first-order chi connectivity index (χ1) is 9.06. The second kappa shape index (κ2) is 6.53. The third-order valence-electron chi connectivity index (χ3n) is 3.83. The molecule has 1 aromatic rings. The molecule has 0 atom stereocenters. The minimum atomic E-state index is -0.212. The Morgan fingerprint density at radius 3 is 2.74 bits per heavy atom. The summed E-state index contributed by atoms with van der Waals surface area (Å²) in [5.41, 5.74) is 2.32. The van der Waals surface area contributed by atoms with Crippen molar-refractivity contribution in [1.29, 1.82) is 0 Å². The van der Waals surface area contributed by atoms with Crippen LogP contribution in [-0.4, -0.2) is 17.1 Å². The van der Waals surface area contributed by atoms with Gasteiger partial charge in [0.25, 0.3) is 0 Å². The van der Waals surface area contributed by atoms with E-state index in [2.05, 4.69) is 21.2 Å². The van der Waals surface area contributed by atoms with Gasteiger partial charge in [-0.25, -0.2) is 0 Å². The van der Waals surface area contributed by atoms with Crippen molar-refractivity contribution >= 4 is 21.8 Å². The molecule has 1 aliphatic rings. The number of carbonyl (C=O) groups is 1. The molecule has 2 N–H and O–H groups in total. The topological polar surface area (TPSA) is 49.3 Å². The van der Waals surface area contributed by atoms with Crippen molar-refractivity contribution in [2.45, 2.75) is 45.3 Å². The molecule has 0 unspecified atom stereocenters. The molecule has 0 aromatic heterocycles. The average Bonchev–Trinajstić information content (AvgIpc) is 2.40. The first-order valence-electron chi connectivity index (χ1n) is 6.77. The quantitative estimate of drug-likeness (QED) is 0.897. The number of hydrogen-bond acceptors (Lipinski definition) is 2. The lowest BCUT2D eigenvalue weighted by molar-refractivity contribution is -0.126. The van der Waals surface area contributed by atoms with Crippen LogP contribution in [0.3, 0.4) is 0 Å². The van der Waals surface area contributed by atoms with E-state index in [-0.39, 0.29) is 17.9 Å². The van der Waals surface area contributed by atoms with Crippen LogP contribution in [0, 0.1) is 12.8 Å². The van der Waals surface area contributed by atoms with Crippen molar-refractivity contribution in [3.63, 3.8) is 0 Å². The Morgan fingerprint density at radius 1 is 1.37 bits per heavy atom. The summed E-state index contributed by atoms with van der Waals surface area (Å²) >= 11 is 3.45. The predicted octanol–water partition coefficient (Wildman–Crippen LogP) is 2.92. The van der Waals surface area contributed by atoms with E-state index in [4.69, 9.17) is 0 Å². The number of hydrogen-bond donors (Lipinski definition) is 2. The number of rotatable bonds is 3. The second-order valence-corrected chi connectivity index (χ2v) is 6.21. The molecule has 2 rings (SSSR count). The third-order valence-corrected chi connectivity index (χ3v) is 4.32. The Kier molecular flexibility index (Phi) is 4.99. The summed E-state index contributed by atoms with van der Waals surface area (Å²) in [5, 5.41) is 12.5. The number of nitrogens with one attached hydrogen (secondary N) is 1. The van der Waals surface area contributed by atoms with E-state index in [0.717, 1.165) is 35.7 Å². The van der Waals surface area contributed by atoms with Gasteiger partial charge in [-0.1, -0.05) is 22.0 Å². The van der Waals surface area contributed by atoms with Crippen molar-refractivity contribution in [1.82, 2.24) is 5.32 Å². The van der Waals surface area contributed by atoms with Gasteiger partial charge in [-0.3, -0.25) is 4.79 Å². The fourth-order valence-electron chi connectivity index (χ4n) is 2.50. The van der Waals surface area contributed by atoms with E-state index in [0.29, 0.717) is 6.54 Å². The molecular weight excluding hydrogens is 306 g/mol. The molecule has 1 amide bonds. The first kappa shape index (κ1) is 14.5. The van der Waals surface area contributed by atoms with Crippen molar-refractivity contribution in [2.75, 3.05) is 0 Å². The zero-order valence-electron chi connectivity index (χ0n) is 11.2. The van der Waals surface area contributed by atoms with Crippen molar-refractivity contribution in [2.24, 2.45) is 5.92 Å². The van der Waals surface area contributed by atoms with Crippen molar-refractivity contribution in [3.05, 3.63) is 33.8 Å². The van der Waals surface area contributed by atoms with Gasteiger partial charge in [0.1, 0.15) is 0 Å². The van der Waals surface area contributed by atoms with E-state index in [9.17, 15) is 9.90 Å². The third kappa shape index (κ3) is 4.05. The van der Waals surface area contributed by atoms with Crippen LogP contribution >= 0.6 is 15.9 Å². The Morgan fingerprint density at radius 2 is 2.05 bits per heavy atom. The molecule has 104 valence electrons. The summed E-state index contributed by atoms with van der Waals surface area (Å²) in [6.45, 7) is 2.62. The van der Waals surface area contributed by atoms with Crippen LogP contribution in [0.5, 0.6) is 0 Å². The Labute approximate surface area is 122 Å². The smallest absolute Gasteiger partial charge is 0.223 e. The molecule has 1 aromatic carbocycles. The molecule has 0 spiro atoms. The maximum absolute atomic E-state index is 12.1. The summed E-state index contributed by atoms with van der Waals surface area (Å²) in [6.07, 6.45) is 2.87. The number of aryl methyl sites for hydroxylation is 1. The zero-order valence-corrected chi connectivity index (χ0v) is 12.7. The molecule has 19 heavy (non-hydrogen) atoms. The fraction of sp³-hybridized carbons (Fsp3) is 0.533. The summed E-state index contributed by atoms with van der Waals surface area (Å²) < 4.78 is 1.03. The van der Waals surface area contributed by atoms with Gasteiger partial charge in [-0.2, -0.15) is 0 Å². The van der Waals surface area contributed by atoms with Crippen molar-refractivity contribution in [3.8, 4) is 0 Å². The molecule has 0 heterocycles. The van der Waals surface area contributed by atoms with Gasteiger partial charge in [0, 0.05) is 16.9 Å². The predicted molar refractivity (Wildman–Crippen MR) is 78.7 cm³/mol. The molecule has 0 radical (unpaired) electrons. The molecule has 1 aliphatic carbocycles. The van der Waals surface area contributed by atoms with Crippen LogP contribution < -0.4 is 5.32 Å². The highest BCUT2D eigenvalue weighted by molar-refractivity contribution is 9.10. The zero-order chi connectivity index (χ0) is 13.8. The summed E-state index contributed by atoms with van der Waals surface area (Å²) in [6, 6.07) is 6.09. The molecule has 1 fully saturated rings. The normalized spacial score (nSPS) is 23.1. The van der Waals surface area contributed by atoms with E-state index in [1.807, 2.05) is 25.1 Å². The highest BCUT2D eigenvalue weighted by atomic mass is 79.9. The Bertz CT molecular complexity index is 453. The summed E-state index contributed by atoms with van der Waals surface area (Å²) in [7, 11) is 0. The van der Waals surface area contributed by atoms with Crippen LogP contribution in [0.15, 0.2) is 22.7 Å². The van der Waals surface area contributed by atoms with Gasteiger partial charge in [-0.15, -0.1) is 0 Å². The van der Waals surface area contributed by atoms with E-state index >= 15 is 0 Å². The van der Waals surface area contributed by atoms with Gasteiger partial charge < -0.3 is 10.4 Å². The monoisotopic (exact) mass is 325 g/mol. The lowest BCUT2D eigenvalue weighted by Gasteiger charge is -2.24. The van der Waals surface area contributed by atoms with E-state index in [1.165, 1.54) is 5.56 Å².